The summed E-state index contributed by atoms with van der Waals surface area (Å²) in [5.74, 6) is -1.50. The number of hydrogen-bond donors (Lipinski definition) is 3. The van der Waals surface area contributed by atoms with E-state index in [-0.39, 0.29) is 55.7 Å². The Hall–Kier alpha value is -4.32. The second-order valence-electron chi connectivity index (χ2n) is 12.8. The molecule has 0 spiro atoms. The summed E-state index contributed by atoms with van der Waals surface area (Å²) in [5, 5.41) is 14.6. The molecule has 0 aromatic heterocycles. The van der Waals surface area contributed by atoms with Crippen molar-refractivity contribution in [2.75, 3.05) is 27.2 Å². The third-order valence-electron chi connectivity index (χ3n) is 8.98. The summed E-state index contributed by atoms with van der Waals surface area (Å²) < 4.78 is 19.4. The first-order valence-corrected chi connectivity index (χ1v) is 16.2. The molecule has 11 heteroatoms. The first kappa shape index (κ1) is 32.6. The summed E-state index contributed by atoms with van der Waals surface area (Å²) in [7, 11) is 3.33. The van der Waals surface area contributed by atoms with Crippen molar-refractivity contribution in [3.05, 3.63) is 88.5 Å². The first-order valence-electron chi connectivity index (χ1n) is 16.2. The molecule has 11 nitrogen and oxygen atoms in total. The minimum absolute atomic E-state index is 0.147. The van der Waals surface area contributed by atoms with Gasteiger partial charge >= 0.3 is 5.97 Å². The lowest BCUT2D eigenvalue weighted by atomic mass is 9.91. The molecule has 3 atom stereocenters. The Bertz CT molecular complexity index is 1580. The fourth-order valence-corrected chi connectivity index (χ4v) is 6.25. The second-order valence-corrected chi connectivity index (χ2v) is 12.8. The van der Waals surface area contributed by atoms with Crippen LogP contribution in [0.1, 0.15) is 63.9 Å². The number of carbonyl (C=O) groups is 4. The van der Waals surface area contributed by atoms with Gasteiger partial charge in [0.15, 0.2) is 5.79 Å². The third-order valence-corrected chi connectivity index (χ3v) is 8.98. The van der Waals surface area contributed by atoms with Crippen molar-refractivity contribution in [3.63, 3.8) is 0 Å². The van der Waals surface area contributed by atoms with Gasteiger partial charge in [-0.15, -0.1) is 0 Å². The highest BCUT2D eigenvalue weighted by atomic mass is 16.8. The molecule has 1 saturated heterocycles. The molecule has 1 aliphatic heterocycles. The average Bonchev–Trinajstić information content (AvgIpc) is 4.02. The number of benzene rings is 2. The summed E-state index contributed by atoms with van der Waals surface area (Å²) >= 11 is 0. The lowest BCUT2D eigenvalue weighted by Crippen LogP contribution is -2.44. The minimum Gasteiger partial charge on any atom is -0.456 e. The number of hydrogen-bond acceptors (Lipinski definition) is 8. The molecule has 2 aromatic rings. The summed E-state index contributed by atoms with van der Waals surface area (Å²) in [5.41, 5.74) is 2.59. The van der Waals surface area contributed by atoms with Gasteiger partial charge in [-0.05, 0) is 73.2 Å². The number of rotatable bonds is 12. The average molecular weight is 644 g/mol. The number of carbonyl (C=O) groups excluding carboxylic acids is 4. The number of likely N-dealkylation sites (N-methyl/N-ethyl adjacent to an activating group) is 1. The predicted octanol–water partition coefficient (Wildman–Crippen LogP) is 2.98. The van der Waals surface area contributed by atoms with Crippen molar-refractivity contribution < 1.29 is 38.5 Å². The molecule has 2 aromatic carbocycles. The highest BCUT2D eigenvalue weighted by molar-refractivity contribution is 5.96. The Morgan fingerprint density at radius 3 is 2.38 bits per heavy atom. The topological polar surface area (TPSA) is 144 Å². The third kappa shape index (κ3) is 7.48. The first-order chi connectivity index (χ1) is 22.7. The van der Waals surface area contributed by atoms with Gasteiger partial charge in [-0.25, -0.2) is 4.79 Å². The van der Waals surface area contributed by atoms with Gasteiger partial charge in [0, 0.05) is 62.7 Å². The van der Waals surface area contributed by atoms with Crippen LogP contribution in [-0.2, 0) is 30.3 Å². The Morgan fingerprint density at radius 2 is 1.68 bits per heavy atom. The van der Waals surface area contributed by atoms with Gasteiger partial charge in [-0.2, -0.15) is 0 Å². The smallest absolute Gasteiger partial charge is 0.338 e. The van der Waals surface area contributed by atoms with Crippen LogP contribution in [0.25, 0.3) is 6.08 Å². The SMILES string of the molecule is CN(C)C(=O)C=Cc1cccc(C(=O)O[C@@H]2CC(C(=O)NCc3cccc(C(=O)NCCO)c3)=C[C@H]3OC(C4CC4)(C4CC4)O[C@H]32)c1. The van der Waals surface area contributed by atoms with E-state index in [0.29, 0.717) is 22.3 Å². The van der Waals surface area contributed by atoms with E-state index in [1.807, 2.05) is 12.1 Å². The maximum absolute atomic E-state index is 13.5. The predicted molar refractivity (Wildman–Crippen MR) is 172 cm³/mol. The standard InChI is InChI=1S/C36H41N3O8/c1-39(2)31(41)14-9-22-5-3-8-25(17-22)35(44)45-29-19-26(20-30-32(29)47-36(46-30,27-10-11-27)28-12-13-28)34(43)38-21-23-6-4-7-24(18-23)33(42)37-15-16-40/h3-9,14,17-18,20,27-30,32,40H,10-13,15-16,19,21H2,1-2H3,(H,37,42)(H,38,43)/t29-,30-,32+/m1/s1. The van der Waals surface area contributed by atoms with Gasteiger partial charge in [-0.1, -0.05) is 24.3 Å². The van der Waals surface area contributed by atoms with Gasteiger partial charge < -0.3 is 34.9 Å². The van der Waals surface area contributed by atoms with Crippen molar-refractivity contribution in [1.29, 1.82) is 0 Å². The Kier molecular flexibility index (Phi) is 9.58. The highest BCUT2D eigenvalue weighted by Gasteiger charge is 2.64. The van der Waals surface area contributed by atoms with E-state index in [2.05, 4.69) is 10.6 Å². The van der Waals surface area contributed by atoms with Gasteiger partial charge in [0.1, 0.15) is 18.3 Å². The van der Waals surface area contributed by atoms with Crippen molar-refractivity contribution in [2.45, 2.75) is 62.7 Å². The minimum atomic E-state index is -0.759. The molecule has 47 heavy (non-hydrogen) atoms. The number of esters is 1. The van der Waals surface area contributed by atoms with Crippen LogP contribution >= 0.6 is 0 Å². The normalized spacial score (nSPS) is 23.0. The Morgan fingerprint density at radius 1 is 0.957 bits per heavy atom. The maximum atomic E-state index is 13.5. The maximum Gasteiger partial charge on any atom is 0.338 e. The molecular formula is C36H41N3O8. The Labute approximate surface area is 273 Å². The van der Waals surface area contributed by atoms with Crippen molar-refractivity contribution in [3.8, 4) is 0 Å². The summed E-state index contributed by atoms with van der Waals surface area (Å²) in [6.45, 7) is 0.170. The van der Waals surface area contributed by atoms with E-state index in [9.17, 15) is 19.2 Å². The molecule has 3 fully saturated rings. The number of aliphatic hydroxyl groups is 1. The van der Waals surface area contributed by atoms with E-state index in [1.54, 1.807) is 62.6 Å². The molecule has 3 amide bonds. The van der Waals surface area contributed by atoms with Crippen LogP contribution < -0.4 is 10.6 Å². The van der Waals surface area contributed by atoms with E-state index in [1.165, 1.54) is 11.0 Å². The van der Waals surface area contributed by atoms with Crippen LogP contribution in [-0.4, -0.2) is 85.0 Å². The van der Waals surface area contributed by atoms with Crippen molar-refractivity contribution in [1.82, 2.24) is 15.5 Å². The molecule has 3 aliphatic carbocycles. The number of fused-ring (bicyclic) bond motifs is 1. The second kappa shape index (κ2) is 13.8. The highest BCUT2D eigenvalue weighted by Crippen LogP contribution is 2.59. The number of nitrogens with one attached hydrogen (secondary N) is 2. The Balaban J connectivity index is 1.18. The zero-order chi connectivity index (χ0) is 33.1. The molecule has 0 unspecified atom stereocenters. The van der Waals surface area contributed by atoms with Crippen LogP contribution in [0.2, 0.25) is 0 Å². The number of aliphatic hydroxyl groups excluding tert-OH is 1. The summed E-state index contributed by atoms with van der Waals surface area (Å²) in [6, 6.07) is 13.7. The zero-order valence-electron chi connectivity index (χ0n) is 26.6. The molecular weight excluding hydrogens is 602 g/mol. The molecule has 0 bridgehead atoms. The van der Waals surface area contributed by atoms with Gasteiger partial charge in [0.05, 0.1) is 12.2 Å². The molecule has 248 valence electrons. The molecule has 1 heterocycles. The van der Waals surface area contributed by atoms with Crippen LogP contribution in [0.5, 0.6) is 0 Å². The van der Waals surface area contributed by atoms with Crippen LogP contribution in [0, 0.1) is 11.8 Å². The van der Waals surface area contributed by atoms with E-state index < -0.39 is 30.1 Å². The van der Waals surface area contributed by atoms with Crippen LogP contribution in [0.15, 0.2) is 66.3 Å². The van der Waals surface area contributed by atoms with Crippen molar-refractivity contribution in [2.24, 2.45) is 11.8 Å². The van der Waals surface area contributed by atoms with E-state index in [4.69, 9.17) is 19.3 Å². The molecule has 0 radical (unpaired) electrons. The fourth-order valence-electron chi connectivity index (χ4n) is 6.25. The molecule has 4 aliphatic rings. The summed E-state index contributed by atoms with van der Waals surface area (Å²) in [4.78, 5) is 52.8. The quantitative estimate of drug-likeness (QED) is 0.237. The van der Waals surface area contributed by atoms with E-state index in [0.717, 1.165) is 31.2 Å². The van der Waals surface area contributed by atoms with Gasteiger partial charge in [-0.3, -0.25) is 14.4 Å². The lowest BCUT2D eigenvalue weighted by molar-refractivity contribution is -0.209. The lowest BCUT2D eigenvalue weighted by Gasteiger charge is -2.31. The molecule has 3 N–H and O–H groups in total. The van der Waals surface area contributed by atoms with Crippen LogP contribution in [0.4, 0.5) is 0 Å². The molecule has 2 saturated carbocycles. The fraction of sp³-hybridized carbons (Fsp3) is 0.444. The molecule has 6 rings (SSSR count). The van der Waals surface area contributed by atoms with E-state index >= 15 is 0 Å². The van der Waals surface area contributed by atoms with Gasteiger partial charge in [0.25, 0.3) is 5.91 Å². The van der Waals surface area contributed by atoms with Crippen molar-refractivity contribution >= 4 is 29.8 Å². The van der Waals surface area contributed by atoms with Gasteiger partial charge in [0.2, 0.25) is 11.8 Å². The zero-order valence-corrected chi connectivity index (χ0v) is 26.6. The summed E-state index contributed by atoms with van der Waals surface area (Å²) in [6.07, 6.45) is 7.26. The van der Waals surface area contributed by atoms with Crippen LogP contribution in [0.3, 0.4) is 0 Å². The number of nitrogens with zero attached hydrogens (tertiary/aromatic N) is 1. The largest absolute Gasteiger partial charge is 0.456 e. The number of ether oxygens (including phenoxy) is 3. The number of amides is 3. The monoisotopic (exact) mass is 643 g/mol.